The maximum atomic E-state index is 13.5. The van der Waals surface area contributed by atoms with Crippen molar-refractivity contribution in [1.82, 2.24) is 25.3 Å². The summed E-state index contributed by atoms with van der Waals surface area (Å²) in [5, 5.41) is 12.4. The normalized spacial score (nSPS) is 24.5. The summed E-state index contributed by atoms with van der Waals surface area (Å²) in [5.41, 5.74) is -0.0197. The molecule has 1 aromatic rings. The van der Waals surface area contributed by atoms with E-state index in [1.807, 2.05) is 11.8 Å². The topological polar surface area (TPSA) is 103 Å². The molecule has 1 saturated heterocycles. The third-order valence-corrected chi connectivity index (χ3v) is 10.1. The molecular weight excluding hydrogens is 559 g/mol. The van der Waals surface area contributed by atoms with E-state index in [4.69, 9.17) is 12.2 Å². The summed E-state index contributed by atoms with van der Waals surface area (Å²) in [7, 11) is -3.79. The average Bonchev–Trinajstić information content (AvgIpc) is 3.31. The van der Waals surface area contributed by atoms with Gasteiger partial charge in [0.2, 0.25) is 15.2 Å². The molecule has 0 radical (unpaired) electrons. The highest BCUT2D eigenvalue weighted by Crippen LogP contribution is 2.33. The second-order valence-corrected chi connectivity index (χ2v) is 13.1. The average molecular weight is 590 g/mol. The molecule has 9 nitrogen and oxygen atoms in total. The lowest BCUT2D eigenvalue weighted by molar-refractivity contribution is -0.0876. The molecule has 15 heteroatoms. The lowest BCUT2D eigenvalue weighted by Crippen LogP contribution is -2.54. The first-order valence-corrected chi connectivity index (χ1v) is 14.9. The summed E-state index contributed by atoms with van der Waals surface area (Å²) in [5.74, 6) is 0.00116. The van der Waals surface area contributed by atoms with Crippen LogP contribution in [0.2, 0.25) is 0 Å². The monoisotopic (exact) mass is 589 g/mol. The van der Waals surface area contributed by atoms with Gasteiger partial charge in [-0.2, -0.15) is 13.2 Å². The molecule has 4 rings (SSSR count). The van der Waals surface area contributed by atoms with Crippen LogP contribution in [0.25, 0.3) is 0 Å². The molecule has 0 spiro atoms. The highest BCUT2D eigenvalue weighted by atomic mass is 32.2. The Labute approximate surface area is 229 Å². The molecule has 0 saturated carbocycles. The molecule has 0 aromatic carbocycles. The fourth-order valence-electron chi connectivity index (χ4n) is 4.21. The Morgan fingerprint density at radius 2 is 1.95 bits per heavy atom. The summed E-state index contributed by atoms with van der Waals surface area (Å²) in [6, 6.07) is -0.196. The number of amidine groups is 1. The number of anilines is 1. The van der Waals surface area contributed by atoms with Crippen LogP contribution in [0.1, 0.15) is 38.6 Å². The molecule has 3 heterocycles. The minimum atomic E-state index is -4.44. The SMILES string of the molecule is CCc1nnc(NS(=O)(=O)C2(C)C=CC(NC(=S)N3CCN(C4=NC(C)CC=C4C(F)(F)F)CC3)=CC2)s1. The van der Waals surface area contributed by atoms with Crippen molar-refractivity contribution in [1.29, 1.82) is 0 Å². The van der Waals surface area contributed by atoms with E-state index in [0.29, 0.717) is 43.4 Å². The van der Waals surface area contributed by atoms with E-state index < -0.39 is 26.5 Å². The van der Waals surface area contributed by atoms with E-state index >= 15 is 0 Å². The lowest BCUT2D eigenvalue weighted by Gasteiger charge is -2.39. The van der Waals surface area contributed by atoms with Crippen molar-refractivity contribution < 1.29 is 21.6 Å². The largest absolute Gasteiger partial charge is 0.419 e. The highest BCUT2D eigenvalue weighted by molar-refractivity contribution is 7.94. The quantitative estimate of drug-likeness (QED) is 0.503. The van der Waals surface area contributed by atoms with Gasteiger partial charge in [0.15, 0.2) is 5.11 Å². The Bertz CT molecular complexity index is 1300. The lowest BCUT2D eigenvalue weighted by atomic mass is 10.0. The van der Waals surface area contributed by atoms with Crippen LogP contribution in [0, 0.1) is 0 Å². The molecule has 0 amide bonds. The van der Waals surface area contributed by atoms with E-state index in [2.05, 4.69) is 25.2 Å². The van der Waals surface area contributed by atoms with Gasteiger partial charge in [0.05, 0.1) is 11.6 Å². The molecule has 2 unspecified atom stereocenters. The smallest absolute Gasteiger partial charge is 0.353 e. The summed E-state index contributed by atoms with van der Waals surface area (Å²) in [6.45, 7) is 6.90. The van der Waals surface area contributed by atoms with Gasteiger partial charge in [-0.3, -0.25) is 9.71 Å². The number of thiocarbonyl (C=S) groups is 1. The van der Waals surface area contributed by atoms with Crippen LogP contribution in [-0.2, 0) is 16.4 Å². The number of dihydropyridines is 1. The molecule has 1 aliphatic carbocycles. The van der Waals surface area contributed by atoms with Crippen molar-refractivity contribution in [3.05, 3.63) is 40.6 Å². The zero-order chi connectivity index (χ0) is 27.7. The molecule has 2 aliphatic heterocycles. The number of hydrogen-bond acceptors (Lipinski definition) is 8. The van der Waals surface area contributed by atoms with Gasteiger partial charge >= 0.3 is 6.18 Å². The molecule has 38 heavy (non-hydrogen) atoms. The Morgan fingerprint density at radius 3 is 2.53 bits per heavy atom. The van der Waals surface area contributed by atoms with E-state index in [0.717, 1.165) is 5.01 Å². The third-order valence-electron chi connectivity index (χ3n) is 6.62. The number of allylic oxidation sites excluding steroid dienone is 2. The summed E-state index contributed by atoms with van der Waals surface area (Å²) in [6.07, 6.45) is 2.97. The molecule has 1 fully saturated rings. The van der Waals surface area contributed by atoms with Crippen LogP contribution >= 0.6 is 23.6 Å². The van der Waals surface area contributed by atoms with Crippen molar-refractivity contribution in [2.24, 2.45) is 4.99 Å². The van der Waals surface area contributed by atoms with Gasteiger partial charge in [-0.15, -0.1) is 10.2 Å². The van der Waals surface area contributed by atoms with Crippen LogP contribution in [0.5, 0.6) is 0 Å². The van der Waals surface area contributed by atoms with Gasteiger partial charge in [0.25, 0.3) is 0 Å². The third kappa shape index (κ3) is 6.20. The number of nitrogens with zero attached hydrogens (tertiary/aromatic N) is 5. The maximum absolute atomic E-state index is 13.5. The van der Waals surface area contributed by atoms with Crippen LogP contribution in [0.4, 0.5) is 18.3 Å². The number of hydrogen-bond donors (Lipinski definition) is 2. The van der Waals surface area contributed by atoms with E-state index in [1.165, 1.54) is 17.4 Å². The minimum Gasteiger partial charge on any atom is -0.353 e. The second kappa shape index (κ2) is 10.9. The Morgan fingerprint density at radius 1 is 1.24 bits per heavy atom. The van der Waals surface area contributed by atoms with Crippen molar-refractivity contribution >= 4 is 49.7 Å². The Kier molecular flexibility index (Phi) is 8.19. The first kappa shape index (κ1) is 28.5. The summed E-state index contributed by atoms with van der Waals surface area (Å²) >= 11 is 6.74. The van der Waals surface area contributed by atoms with E-state index in [1.54, 1.807) is 37.0 Å². The van der Waals surface area contributed by atoms with Crippen molar-refractivity contribution in [3.8, 4) is 0 Å². The molecule has 2 N–H and O–H groups in total. The number of halogens is 3. The van der Waals surface area contributed by atoms with Crippen LogP contribution in [-0.4, -0.2) is 82.5 Å². The number of rotatable bonds is 5. The van der Waals surface area contributed by atoms with Crippen molar-refractivity contribution in [3.63, 3.8) is 0 Å². The van der Waals surface area contributed by atoms with Gasteiger partial charge in [-0.25, -0.2) is 8.42 Å². The van der Waals surface area contributed by atoms with E-state index in [-0.39, 0.29) is 29.9 Å². The first-order valence-electron chi connectivity index (χ1n) is 12.2. The van der Waals surface area contributed by atoms with E-state index in [9.17, 15) is 21.6 Å². The van der Waals surface area contributed by atoms with Gasteiger partial charge in [0, 0.05) is 31.9 Å². The van der Waals surface area contributed by atoms with Crippen LogP contribution < -0.4 is 10.0 Å². The predicted octanol–water partition coefficient (Wildman–Crippen LogP) is 3.62. The number of aromatic nitrogens is 2. The van der Waals surface area contributed by atoms with Crippen LogP contribution in [0.15, 0.2) is 40.6 Å². The van der Waals surface area contributed by atoms with Gasteiger partial charge in [-0.05, 0) is 51.4 Å². The van der Waals surface area contributed by atoms with Gasteiger partial charge in [0.1, 0.15) is 15.6 Å². The number of aryl methyl sites for hydroxylation is 1. The highest BCUT2D eigenvalue weighted by Gasteiger charge is 2.41. The predicted molar refractivity (Wildman–Crippen MR) is 147 cm³/mol. The standard InChI is InChI=1S/C23H30F3N7O2S3/c1-4-18-29-30-20(37-18)31-38(34,35)22(3)9-7-16(8-10-22)28-21(36)33-13-11-32(12-14-33)19-17(23(24,25)26)6-5-15(2)27-19/h6-9,15H,4-5,10-14H2,1-3H3,(H,28,36)(H,30,31). The zero-order valence-corrected chi connectivity index (χ0v) is 23.7. The second-order valence-electron chi connectivity index (χ2n) is 9.53. The molecular formula is C23H30F3N7O2S3. The summed E-state index contributed by atoms with van der Waals surface area (Å²) < 4.78 is 67.9. The van der Waals surface area contributed by atoms with Crippen molar-refractivity contribution in [2.75, 3.05) is 30.9 Å². The number of sulfonamides is 1. The van der Waals surface area contributed by atoms with Gasteiger partial charge in [-0.1, -0.05) is 36.5 Å². The number of alkyl halides is 3. The molecule has 3 aliphatic rings. The van der Waals surface area contributed by atoms with Gasteiger partial charge < -0.3 is 15.1 Å². The first-order chi connectivity index (χ1) is 17.8. The number of aliphatic imine (C=N–C) groups is 1. The molecule has 1 aromatic heterocycles. The maximum Gasteiger partial charge on any atom is 0.419 e. The number of piperazine rings is 1. The molecule has 2 atom stereocenters. The Hall–Kier alpha value is -2.52. The molecule has 0 bridgehead atoms. The van der Waals surface area contributed by atoms with Crippen LogP contribution in [0.3, 0.4) is 0 Å². The van der Waals surface area contributed by atoms with Crippen molar-refractivity contribution in [2.45, 2.75) is 57.0 Å². The number of nitrogens with one attached hydrogen (secondary N) is 2. The fourth-order valence-corrected chi connectivity index (χ4v) is 6.59. The minimum absolute atomic E-state index is 0.00116. The fraction of sp³-hybridized carbons (Fsp3) is 0.565. The molecule has 208 valence electrons. The zero-order valence-electron chi connectivity index (χ0n) is 21.2. The summed E-state index contributed by atoms with van der Waals surface area (Å²) in [4.78, 5) is 7.84. The Balaban J connectivity index is 1.32.